The van der Waals surface area contributed by atoms with Crippen molar-refractivity contribution in [2.24, 2.45) is 0 Å². The van der Waals surface area contributed by atoms with E-state index in [0.717, 1.165) is 5.82 Å². The van der Waals surface area contributed by atoms with Crippen LogP contribution in [-0.2, 0) is 6.42 Å². The van der Waals surface area contributed by atoms with Gasteiger partial charge in [0.15, 0.2) is 0 Å². The van der Waals surface area contributed by atoms with Gasteiger partial charge in [-0.1, -0.05) is 0 Å². The molecule has 0 aliphatic carbocycles. The molecule has 0 radical (unpaired) electrons. The number of aromatic nitrogens is 3. The normalized spacial score (nSPS) is 10.1. The van der Waals surface area contributed by atoms with E-state index in [1.165, 1.54) is 18.5 Å². The highest BCUT2D eigenvalue weighted by Crippen LogP contribution is 2.13. The predicted octanol–water partition coefficient (Wildman–Crippen LogP) is 0.483. The molecule has 3 N–H and O–H groups in total. The SMILES string of the molecule is O=C(NCCc1ncc[nH]1)c1ccncc1O. The van der Waals surface area contributed by atoms with Crippen LogP contribution in [0.15, 0.2) is 30.9 Å². The highest BCUT2D eigenvalue weighted by molar-refractivity contribution is 5.96. The van der Waals surface area contributed by atoms with Crippen molar-refractivity contribution < 1.29 is 9.90 Å². The zero-order valence-electron chi connectivity index (χ0n) is 9.05. The number of H-pyrrole nitrogens is 1. The van der Waals surface area contributed by atoms with E-state index in [-0.39, 0.29) is 17.2 Å². The lowest BCUT2D eigenvalue weighted by Crippen LogP contribution is -2.26. The van der Waals surface area contributed by atoms with E-state index in [0.29, 0.717) is 13.0 Å². The van der Waals surface area contributed by atoms with Crippen LogP contribution in [0, 0.1) is 0 Å². The van der Waals surface area contributed by atoms with Gasteiger partial charge in [-0.2, -0.15) is 0 Å². The highest BCUT2D eigenvalue weighted by Gasteiger charge is 2.09. The molecule has 88 valence electrons. The zero-order chi connectivity index (χ0) is 12.1. The molecule has 2 aromatic rings. The molecule has 0 aliphatic rings. The molecule has 0 saturated heterocycles. The molecule has 6 nitrogen and oxygen atoms in total. The van der Waals surface area contributed by atoms with Gasteiger partial charge in [-0.25, -0.2) is 4.98 Å². The molecular weight excluding hydrogens is 220 g/mol. The van der Waals surface area contributed by atoms with Crippen LogP contribution >= 0.6 is 0 Å². The van der Waals surface area contributed by atoms with Crippen LogP contribution in [-0.4, -0.2) is 32.5 Å². The number of amides is 1. The van der Waals surface area contributed by atoms with Gasteiger partial charge in [0.25, 0.3) is 5.91 Å². The van der Waals surface area contributed by atoms with E-state index in [2.05, 4.69) is 20.3 Å². The van der Waals surface area contributed by atoms with Gasteiger partial charge in [0.05, 0.1) is 11.8 Å². The molecule has 0 aromatic carbocycles. The Bertz CT molecular complexity index is 496. The van der Waals surface area contributed by atoms with Crippen LogP contribution < -0.4 is 5.32 Å². The fourth-order valence-corrected chi connectivity index (χ4v) is 1.40. The summed E-state index contributed by atoms with van der Waals surface area (Å²) in [7, 11) is 0. The van der Waals surface area contributed by atoms with Crippen LogP contribution in [0.1, 0.15) is 16.2 Å². The molecule has 0 spiro atoms. The molecule has 1 amide bonds. The first-order valence-corrected chi connectivity index (χ1v) is 5.17. The largest absolute Gasteiger partial charge is 0.505 e. The Hall–Kier alpha value is -2.37. The minimum Gasteiger partial charge on any atom is -0.505 e. The lowest BCUT2D eigenvalue weighted by atomic mass is 10.2. The number of rotatable bonds is 4. The van der Waals surface area contributed by atoms with Crippen molar-refractivity contribution in [3.8, 4) is 5.75 Å². The Morgan fingerprint density at radius 2 is 2.35 bits per heavy atom. The molecule has 0 aliphatic heterocycles. The maximum atomic E-state index is 11.7. The number of hydrogen-bond donors (Lipinski definition) is 3. The van der Waals surface area contributed by atoms with Crippen molar-refractivity contribution >= 4 is 5.91 Å². The van der Waals surface area contributed by atoms with E-state index in [1.54, 1.807) is 12.4 Å². The number of hydrogen-bond acceptors (Lipinski definition) is 4. The van der Waals surface area contributed by atoms with Crippen LogP contribution in [0.5, 0.6) is 5.75 Å². The average Bonchev–Trinajstić information content (AvgIpc) is 2.82. The van der Waals surface area contributed by atoms with E-state index in [4.69, 9.17) is 0 Å². The third-order valence-electron chi connectivity index (χ3n) is 2.25. The number of nitrogens with one attached hydrogen (secondary N) is 2. The van der Waals surface area contributed by atoms with Crippen LogP contribution in [0.2, 0.25) is 0 Å². The van der Waals surface area contributed by atoms with E-state index < -0.39 is 0 Å². The van der Waals surface area contributed by atoms with E-state index in [9.17, 15) is 9.90 Å². The third-order valence-corrected chi connectivity index (χ3v) is 2.25. The molecule has 2 rings (SSSR count). The van der Waals surface area contributed by atoms with Crippen LogP contribution in [0.4, 0.5) is 0 Å². The van der Waals surface area contributed by atoms with Gasteiger partial charge < -0.3 is 15.4 Å². The van der Waals surface area contributed by atoms with Crippen molar-refractivity contribution in [3.63, 3.8) is 0 Å². The second kappa shape index (κ2) is 5.11. The summed E-state index contributed by atoms with van der Waals surface area (Å²) in [5.74, 6) is 0.365. The van der Waals surface area contributed by atoms with Crippen molar-refractivity contribution in [2.45, 2.75) is 6.42 Å². The maximum Gasteiger partial charge on any atom is 0.255 e. The lowest BCUT2D eigenvalue weighted by Gasteiger charge is -2.05. The second-order valence-corrected chi connectivity index (χ2v) is 3.43. The fraction of sp³-hybridized carbons (Fsp3) is 0.182. The number of imidazole rings is 1. The monoisotopic (exact) mass is 232 g/mol. The first-order valence-electron chi connectivity index (χ1n) is 5.17. The van der Waals surface area contributed by atoms with Gasteiger partial charge in [0.1, 0.15) is 11.6 Å². The summed E-state index contributed by atoms with van der Waals surface area (Å²) in [6.45, 7) is 0.452. The van der Waals surface area contributed by atoms with Crippen molar-refractivity contribution in [2.75, 3.05) is 6.54 Å². The smallest absolute Gasteiger partial charge is 0.255 e. The fourth-order valence-electron chi connectivity index (χ4n) is 1.40. The van der Waals surface area contributed by atoms with Gasteiger partial charge in [-0.3, -0.25) is 9.78 Å². The van der Waals surface area contributed by atoms with Gasteiger partial charge in [0.2, 0.25) is 0 Å². The van der Waals surface area contributed by atoms with Gasteiger partial charge in [-0.15, -0.1) is 0 Å². The first-order chi connectivity index (χ1) is 8.27. The number of aromatic hydroxyl groups is 1. The Labute approximate surface area is 97.7 Å². The first kappa shape index (κ1) is 11.1. The molecule has 0 atom stereocenters. The van der Waals surface area contributed by atoms with Crippen LogP contribution in [0.3, 0.4) is 0 Å². The molecule has 0 fully saturated rings. The molecule has 6 heteroatoms. The quantitative estimate of drug-likeness (QED) is 0.715. The van der Waals surface area contributed by atoms with E-state index >= 15 is 0 Å². The summed E-state index contributed by atoms with van der Waals surface area (Å²) in [4.78, 5) is 22.3. The van der Waals surface area contributed by atoms with Gasteiger partial charge in [0, 0.05) is 31.6 Å². The Balaban J connectivity index is 1.88. The summed E-state index contributed by atoms with van der Waals surface area (Å²) in [5, 5.41) is 12.1. The summed E-state index contributed by atoms with van der Waals surface area (Å²) in [6.07, 6.45) is 6.70. The van der Waals surface area contributed by atoms with Gasteiger partial charge in [-0.05, 0) is 6.07 Å². The molecule has 17 heavy (non-hydrogen) atoms. The molecule has 2 heterocycles. The van der Waals surface area contributed by atoms with Crippen molar-refractivity contribution in [1.29, 1.82) is 0 Å². The summed E-state index contributed by atoms with van der Waals surface area (Å²) < 4.78 is 0. The Kier molecular flexibility index (Phi) is 3.34. The number of nitrogens with zero attached hydrogens (tertiary/aromatic N) is 2. The number of aromatic amines is 1. The topological polar surface area (TPSA) is 90.9 Å². The highest BCUT2D eigenvalue weighted by atomic mass is 16.3. The number of carbonyl (C=O) groups excluding carboxylic acids is 1. The molecule has 2 aromatic heterocycles. The Morgan fingerprint density at radius 3 is 3.06 bits per heavy atom. The summed E-state index contributed by atoms with van der Waals surface area (Å²) in [6, 6.07) is 1.47. The predicted molar refractivity (Wildman–Crippen MR) is 60.5 cm³/mol. The molecule has 0 bridgehead atoms. The number of carbonyl (C=O) groups is 1. The van der Waals surface area contributed by atoms with Gasteiger partial charge >= 0.3 is 0 Å². The lowest BCUT2D eigenvalue weighted by molar-refractivity contribution is 0.0951. The third kappa shape index (κ3) is 2.81. The van der Waals surface area contributed by atoms with Crippen LogP contribution in [0.25, 0.3) is 0 Å². The molecular formula is C11H12N4O2. The minimum atomic E-state index is -0.323. The summed E-state index contributed by atoms with van der Waals surface area (Å²) in [5.41, 5.74) is 0.222. The van der Waals surface area contributed by atoms with Crippen molar-refractivity contribution in [3.05, 3.63) is 42.2 Å². The minimum absolute atomic E-state index is 0.122. The van der Waals surface area contributed by atoms with Crippen molar-refractivity contribution in [1.82, 2.24) is 20.3 Å². The second-order valence-electron chi connectivity index (χ2n) is 3.43. The zero-order valence-corrected chi connectivity index (χ0v) is 9.05. The number of pyridine rings is 1. The average molecular weight is 232 g/mol. The molecule has 0 saturated carbocycles. The summed E-state index contributed by atoms with van der Waals surface area (Å²) >= 11 is 0. The maximum absolute atomic E-state index is 11.7. The van der Waals surface area contributed by atoms with E-state index in [1.807, 2.05) is 0 Å². The Morgan fingerprint density at radius 1 is 1.47 bits per heavy atom. The standard InChI is InChI=1S/C11H12N4O2/c16-9-7-12-3-1-8(9)11(17)15-4-2-10-13-5-6-14-10/h1,3,5-7,16H,2,4H2,(H,13,14)(H,15,17). The molecule has 0 unspecified atom stereocenters.